The van der Waals surface area contributed by atoms with Crippen molar-refractivity contribution in [3.8, 4) is 0 Å². The van der Waals surface area contributed by atoms with Crippen molar-refractivity contribution in [2.45, 2.75) is 25.7 Å². The molecular formula is C26H26N6O. The van der Waals surface area contributed by atoms with Crippen molar-refractivity contribution < 1.29 is 4.79 Å². The van der Waals surface area contributed by atoms with Crippen molar-refractivity contribution in [3.05, 3.63) is 88.8 Å². The van der Waals surface area contributed by atoms with Gasteiger partial charge in [-0.15, -0.1) is 0 Å². The Morgan fingerprint density at radius 2 is 1.42 bits per heavy atom. The molecule has 0 aliphatic rings. The summed E-state index contributed by atoms with van der Waals surface area (Å²) in [5, 5.41) is 12.4. The number of nitrogens with one attached hydrogen (secondary N) is 2. The molecule has 166 valence electrons. The van der Waals surface area contributed by atoms with E-state index in [4.69, 9.17) is 10.5 Å². The number of hydrogen-bond donors (Lipinski definition) is 2. The third-order valence-electron chi connectivity index (χ3n) is 5.57. The van der Waals surface area contributed by atoms with Gasteiger partial charge in [0.05, 0.1) is 16.7 Å². The monoisotopic (exact) mass is 438 g/mol. The lowest BCUT2D eigenvalue weighted by atomic mass is 10.1. The van der Waals surface area contributed by atoms with E-state index < -0.39 is 0 Å². The maximum absolute atomic E-state index is 12.2. The van der Waals surface area contributed by atoms with Crippen LogP contribution in [-0.2, 0) is 0 Å². The van der Waals surface area contributed by atoms with Crippen molar-refractivity contribution in [2.75, 3.05) is 18.4 Å². The van der Waals surface area contributed by atoms with E-state index in [9.17, 15) is 4.79 Å². The van der Waals surface area contributed by atoms with Gasteiger partial charge in [0.25, 0.3) is 5.91 Å². The molecule has 0 atom stereocenters. The second kappa shape index (κ2) is 11.0. The Hall–Kier alpha value is -4.09. The summed E-state index contributed by atoms with van der Waals surface area (Å²) in [6.45, 7) is 1.53. The Morgan fingerprint density at radius 3 is 2.06 bits per heavy atom. The average Bonchev–Trinajstić information content (AvgIpc) is 2.85. The Morgan fingerprint density at radius 1 is 0.818 bits per heavy atom. The van der Waals surface area contributed by atoms with Crippen LogP contribution in [-0.4, -0.2) is 24.0 Å². The number of benzene rings is 3. The van der Waals surface area contributed by atoms with Gasteiger partial charge in [-0.3, -0.25) is 4.79 Å². The van der Waals surface area contributed by atoms with Gasteiger partial charge >= 0.3 is 0 Å². The first-order valence-electron chi connectivity index (χ1n) is 11.2. The molecule has 3 aromatic carbocycles. The number of anilines is 1. The summed E-state index contributed by atoms with van der Waals surface area (Å²) >= 11 is 0. The van der Waals surface area contributed by atoms with Crippen molar-refractivity contribution in [1.29, 1.82) is 0 Å². The number of unbranched alkanes of at least 4 members (excludes halogenated alkanes) is 3. The van der Waals surface area contributed by atoms with Crippen LogP contribution in [0.25, 0.3) is 32.2 Å². The molecular weight excluding hydrogens is 412 g/mol. The molecule has 33 heavy (non-hydrogen) atoms. The Bertz CT molecular complexity index is 1240. The van der Waals surface area contributed by atoms with Crippen LogP contribution in [0.15, 0.2) is 77.9 Å². The van der Waals surface area contributed by atoms with Crippen LogP contribution >= 0.6 is 0 Å². The SMILES string of the molecule is [N-]=[N+]=Nc1ccc(C(=O)NCCCCCCNc2c3ccccc3nc3ccccc23)cc1. The fourth-order valence-corrected chi connectivity index (χ4v) is 3.88. The van der Waals surface area contributed by atoms with Crippen LogP contribution in [0.4, 0.5) is 11.4 Å². The van der Waals surface area contributed by atoms with Gasteiger partial charge in [-0.1, -0.05) is 66.5 Å². The van der Waals surface area contributed by atoms with Gasteiger partial charge < -0.3 is 10.6 Å². The first-order valence-corrected chi connectivity index (χ1v) is 11.2. The molecule has 1 heterocycles. The van der Waals surface area contributed by atoms with Gasteiger partial charge in [0, 0.05) is 40.0 Å². The van der Waals surface area contributed by atoms with Gasteiger partial charge in [0.1, 0.15) is 0 Å². The van der Waals surface area contributed by atoms with Crippen molar-refractivity contribution in [1.82, 2.24) is 10.3 Å². The zero-order chi connectivity index (χ0) is 22.9. The lowest BCUT2D eigenvalue weighted by molar-refractivity contribution is 0.0953. The van der Waals surface area contributed by atoms with Gasteiger partial charge in [-0.05, 0) is 42.6 Å². The van der Waals surface area contributed by atoms with E-state index in [-0.39, 0.29) is 5.91 Å². The number of carbonyl (C=O) groups is 1. The molecule has 0 saturated heterocycles. The molecule has 0 saturated carbocycles. The maximum Gasteiger partial charge on any atom is 0.251 e. The third-order valence-corrected chi connectivity index (χ3v) is 5.57. The van der Waals surface area contributed by atoms with Crippen LogP contribution in [0.1, 0.15) is 36.0 Å². The summed E-state index contributed by atoms with van der Waals surface area (Å²) in [6.07, 6.45) is 4.13. The minimum absolute atomic E-state index is 0.111. The number of carbonyl (C=O) groups excluding carboxylic acids is 1. The Labute approximate surface area is 192 Å². The molecule has 0 aliphatic carbocycles. The summed E-state index contributed by atoms with van der Waals surface area (Å²) in [5.74, 6) is -0.111. The number of rotatable bonds is 10. The highest BCUT2D eigenvalue weighted by atomic mass is 16.1. The molecule has 1 amide bonds. The van der Waals surface area contributed by atoms with Crippen molar-refractivity contribution in [2.24, 2.45) is 5.11 Å². The van der Waals surface area contributed by atoms with Crippen LogP contribution < -0.4 is 10.6 Å². The highest BCUT2D eigenvalue weighted by Crippen LogP contribution is 2.30. The zero-order valence-corrected chi connectivity index (χ0v) is 18.4. The van der Waals surface area contributed by atoms with Crippen LogP contribution in [0, 0.1) is 0 Å². The molecule has 0 spiro atoms. The van der Waals surface area contributed by atoms with Gasteiger partial charge in [0.15, 0.2) is 0 Å². The first kappa shape index (κ1) is 22.1. The molecule has 0 bridgehead atoms. The Balaban J connectivity index is 1.21. The van der Waals surface area contributed by atoms with Crippen molar-refractivity contribution >= 4 is 39.1 Å². The van der Waals surface area contributed by atoms with Gasteiger partial charge in [-0.25, -0.2) is 4.98 Å². The van der Waals surface area contributed by atoms with E-state index in [0.717, 1.165) is 59.7 Å². The molecule has 0 unspecified atom stereocenters. The van der Waals surface area contributed by atoms with Crippen molar-refractivity contribution in [3.63, 3.8) is 0 Å². The molecule has 1 aromatic heterocycles. The molecule has 7 nitrogen and oxygen atoms in total. The predicted molar refractivity (Wildman–Crippen MR) is 134 cm³/mol. The largest absolute Gasteiger partial charge is 0.384 e. The van der Waals surface area contributed by atoms with E-state index >= 15 is 0 Å². The van der Waals surface area contributed by atoms with Crippen LogP contribution in [0.3, 0.4) is 0 Å². The third kappa shape index (κ3) is 5.59. The summed E-state index contributed by atoms with van der Waals surface area (Å²) in [6, 6.07) is 23.1. The van der Waals surface area contributed by atoms with E-state index in [1.165, 1.54) is 0 Å². The molecule has 7 heteroatoms. The second-order valence-corrected chi connectivity index (χ2v) is 7.85. The standard InChI is InChI=1S/C26H26N6O/c27-32-31-20-15-13-19(14-16-20)26(33)29-18-8-2-1-7-17-28-25-21-9-3-5-11-23(21)30-24-12-6-4-10-22(24)25/h3-6,9-16H,1-2,7-8,17-18H2,(H,28,30)(H,29,33). The predicted octanol–water partition coefficient (Wildman–Crippen LogP) is 6.73. The van der Waals surface area contributed by atoms with Crippen LogP contribution in [0.2, 0.25) is 0 Å². The normalized spacial score (nSPS) is 10.7. The number of para-hydroxylation sites is 2. The number of amides is 1. The lowest BCUT2D eigenvalue weighted by Crippen LogP contribution is -2.24. The summed E-state index contributed by atoms with van der Waals surface area (Å²) < 4.78 is 0. The van der Waals surface area contributed by atoms with Gasteiger partial charge in [-0.2, -0.15) is 0 Å². The Kier molecular flexibility index (Phi) is 7.36. The summed E-state index contributed by atoms with van der Waals surface area (Å²) in [4.78, 5) is 19.7. The van der Waals surface area contributed by atoms with Crippen LogP contribution in [0.5, 0.6) is 0 Å². The highest BCUT2D eigenvalue weighted by molar-refractivity contribution is 6.07. The number of nitrogens with zero attached hydrogens (tertiary/aromatic N) is 4. The summed E-state index contributed by atoms with van der Waals surface area (Å²) in [5.41, 5.74) is 12.6. The fourth-order valence-electron chi connectivity index (χ4n) is 3.88. The number of hydrogen-bond acceptors (Lipinski definition) is 4. The minimum atomic E-state index is -0.111. The van der Waals surface area contributed by atoms with E-state index in [1.807, 2.05) is 24.3 Å². The van der Waals surface area contributed by atoms with E-state index in [2.05, 4.69) is 44.9 Å². The van der Waals surface area contributed by atoms with E-state index in [1.54, 1.807) is 24.3 Å². The number of fused-ring (bicyclic) bond motifs is 2. The number of azide groups is 1. The first-order chi connectivity index (χ1) is 16.3. The molecule has 4 aromatic rings. The maximum atomic E-state index is 12.2. The molecule has 0 radical (unpaired) electrons. The highest BCUT2D eigenvalue weighted by Gasteiger charge is 2.08. The second-order valence-electron chi connectivity index (χ2n) is 7.85. The molecule has 0 aliphatic heterocycles. The topological polar surface area (TPSA) is 103 Å². The minimum Gasteiger partial charge on any atom is -0.384 e. The van der Waals surface area contributed by atoms with E-state index in [0.29, 0.717) is 17.8 Å². The average molecular weight is 439 g/mol. The number of pyridine rings is 1. The molecule has 2 N–H and O–H groups in total. The summed E-state index contributed by atoms with van der Waals surface area (Å²) in [7, 11) is 0. The molecule has 4 rings (SSSR count). The molecule has 0 fully saturated rings. The quantitative estimate of drug-likeness (QED) is 0.0942. The lowest BCUT2D eigenvalue weighted by Gasteiger charge is -2.13. The smallest absolute Gasteiger partial charge is 0.251 e. The fraction of sp³-hybridized carbons (Fsp3) is 0.231. The number of aromatic nitrogens is 1. The van der Waals surface area contributed by atoms with Gasteiger partial charge in [0.2, 0.25) is 0 Å². The zero-order valence-electron chi connectivity index (χ0n) is 18.4.